The number of piperidine rings is 1. The van der Waals surface area contributed by atoms with Crippen LogP contribution in [0.4, 0.5) is 10.1 Å². The van der Waals surface area contributed by atoms with Crippen LogP contribution < -0.4 is 5.32 Å². The summed E-state index contributed by atoms with van der Waals surface area (Å²) in [5.74, 6) is -0.0845. The van der Waals surface area contributed by atoms with Gasteiger partial charge in [-0.3, -0.25) is 9.69 Å². The van der Waals surface area contributed by atoms with Crippen LogP contribution in [0.1, 0.15) is 25.3 Å². The largest absolute Gasteiger partial charge is 0.341 e. The fraction of sp³-hybridized carbons (Fsp3) is 0.296. The molecule has 1 amide bonds. The van der Waals surface area contributed by atoms with Crippen LogP contribution in [0.15, 0.2) is 66.7 Å². The number of carbonyl (C=O) groups is 1. The third-order valence-corrected chi connectivity index (χ3v) is 6.63. The number of likely N-dealkylation sites (tertiary alicyclic amines) is 1. The molecule has 0 aliphatic carbocycles. The fourth-order valence-electron chi connectivity index (χ4n) is 4.92. The fourth-order valence-corrected chi connectivity index (χ4v) is 4.92. The van der Waals surface area contributed by atoms with Crippen molar-refractivity contribution < 1.29 is 9.18 Å². The molecule has 5 heteroatoms. The van der Waals surface area contributed by atoms with Gasteiger partial charge in [0.2, 0.25) is 5.91 Å². The van der Waals surface area contributed by atoms with Gasteiger partial charge >= 0.3 is 0 Å². The monoisotopic (exact) mass is 429 g/mol. The Kier molecular flexibility index (Phi) is 5.66. The second kappa shape index (κ2) is 8.75. The first kappa shape index (κ1) is 20.7. The summed E-state index contributed by atoms with van der Waals surface area (Å²) < 4.78 is 15.4. The molecule has 3 aromatic carbocycles. The number of rotatable bonds is 5. The van der Waals surface area contributed by atoms with Crippen molar-refractivity contribution in [2.45, 2.75) is 32.9 Å². The van der Waals surface area contributed by atoms with Crippen molar-refractivity contribution in [3.05, 3.63) is 78.1 Å². The molecule has 4 aromatic rings. The number of anilines is 1. The van der Waals surface area contributed by atoms with Crippen LogP contribution in [0.25, 0.3) is 21.8 Å². The molecule has 2 heterocycles. The van der Waals surface area contributed by atoms with Crippen LogP contribution in [0, 0.1) is 11.7 Å². The van der Waals surface area contributed by atoms with E-state index in [1.54, 1.807) is 0 Å². The molecule has 0 unspecified atom stereocenters. The van der Waals surface area contributed by atoms with E-state index < -0.39 is 0 Å². The van der Waals surface area contributed by atoms with Crippen molar-refractivity contribution in [3.63, 3.8) is 0 Å². The number of carbonyl (C=O) groups excluding carboxylic acids is 1. The molecule has 164 valence electrons. The Morgan fingerprint density at radius 3 is 2.44 bits per heavy atom. The normalized spacial score (nSPS) is 15.4. The summed E-state index contributed by atoms with van der Waals surface area (Å²) in [6.07, 6.45) is 1.68. The average Bonchev–Trinajstić information content (AvgIpc) is 3.14. The van der Waals surface area contributed by atoms with Crippen molar-refractivity contribution in [1.82, 2.24) is 9.47 Å². The lowest BCUT2D eigenvalue weighted by Crippen LogP contribution is -2.37. The van der Waals surface area contributed by atoms with Gasteiger partial charge in [0, 0.05) is 46.5 Å². The van der Waals surface area contributed by atoms with Gasteiger partial charge in [-0.2, -0.15) is 0 Å². The highest BCUT2D eigenvalue weighted by Gasteiger charge is 2.25. The van der Waals surface area contributed by atoms with Crippen molar-refractivity contribution in [2.24, 2.45) is 5.92 Å². The quantitative estimate of drug-likeness (QED) is 0.435. The highest BCUT2D eigenvalue weighted by molar-refractivity contribution is 6.09. The maximum atomic E-state index is 13.1. The van der Waals surface area contributed by atoms with Gasteiger partial charge in [0.15, 0.2) is 0 Å². The topological polar surface area (TPSA) is 37.3 Å². The van der Waals surface area contributed by atoms with Crippen LogP contribution in [0.2, 0.25) is 0 Å². The molecule has 1 saturated heterocycles. The molecule has 0 radical (unpaired) electrons. The number of benzene rings is 3. The van der Waals surface area contributed by atoms with Gasteiger partial charge in [-0.25, -0.2) is 4.39 Å². The Hall–Kier alpha value is -3.18. The summed E-state index contributed by atoms with van der Waals surface area (Å²) in [4.78, 5) is 15.3. The van der Waals surface area contributed by atoms with Gasteiger partial charge in [-0.1, -0.05) is 30.3 Å². The molecule has 0 spiro atoms. The third-order valence-electron chi connectivity index (χ3n) is 6.63. The van der Waals surface area contributed by atoms with Gasteiger partial charge < -0.3 is 9.88 Å². The minimum atomic E-state index is -0.207. The molecule has 4 nitrogen and oxygen atoms in total. The summed E-state index contributed by atoms with van der Waals surface area (Å²) in [6.45, 7) is 5.61. The Balaban J connectivity index is 1.25. The molecule has 1 aliphatic rings. The van der Waals surface area contributed by atoms with E-state index in [0.717, 1.165) is 50.3 Å². The molecule has 1 aromatic heterocycles. The van der Waals surface area contributed by atoms with E-state index in [2.05, 4.69) is 58.1 Å². The number of amides is 1. The molecule has 32 heavy (non-hydrogen) atoms. The average molecular weight is 430 g/mol. The highest BCUT2D eigenvalue weighted by atomic mass is 19.1. The van der Waals surface area contributed by atoms with Crippen LogP contribution in [-0.2, 0) is 17.9 Å². The minimum absolute atomic E-state index is 0.0205. The van der Waals surface area contributed by atoms with E-state index >= 15 is 0 Å². The second-order valence-electron chi connectivity index (χ2n) is 8.66. The van der Waals surface area contributed by atoms with Crippen LogP contribution in [0.5, 0.6) is 0 Å². The molecule has 0 saturated carbocycles. The Morgan fingerprint density at radius 1 is 0.969 bits per heavy atom. The maximum absolute atomic E-state index is 13.1. The van der Waals surface area contributed by atoms with Crippen molar-refractivity contribution in [2.75, 3.05) is 18.4 Å². The smallest absolute Gasteiger partial charge is 0.227 e. The van der Waals surface area contributed by atoms with E-state index in [1.165, 1.54) is 33.9 Å². The predicted molar refractivity (Wildman–Crippen MR) is 128 cm³/mol. The van der Waals surface area contributed by atoms with Crippen molar-refractivity contribution >= 4 is 33.4 Å². The Labute approximate surface area is 187 Å². The number of nitrogens with one attached hydrogen (secondary N) is 1. The minimum Gasteiger partial charge on any atom is -0.341 e. The first-order valence-corrected chi connectivity index (χ1v) is 11.4. The van der Waals surface area contributed by atoms with E-state index in [0.29, 0.717) is 0 Å². The number of hydrogen-bond acceptors (Lipinski definition) is 2. The molecular weight excluding hydrogens is 401 g/mol. The van der Waals surface area contributed by atoms with Gasteiger partial charge in [0.05, 0.1) is 0 Å². The highest BCUT2D eigenvalue weighted by Crippen LogP contribution is 2.31. The lowest BCUT2D eigenvalue weighted by molar-refractivity contribution is -0.121. The molecule has 1 aliphatic heterocycles. The maximum Gasteiger partial charge on any atom is 0.227 e. The summed E-state index contributed by atoms with van der Waals surface area (Å²) >= 11 is 0. The first-order chi connectivity index (χ1) is 15.6. The first-order valence-electron chi connectivity index (χ1n) is 11.4. The lowest BCUT2D eigenvalue weighted by atomic mass is 9.95. The molecule has 0 atom stereocenters. The number of aromatic nitrogens is 1. The van der Waals surface area contributed by atoms with E-state index in [9.17, 15) is 9.18 Å². The lowest BCUT2D eigenvalue weighted by Gasteiger charge is -2.31. The van der Waals surface area contributed by atoms with Crippen molar-refractivity contribution in [3.8, 4) is 0 Å². The molecular formula is C27H28FN3O. The Bertz CT molecular complexity index is 1250. The van der Waals surface area contributed by atoms with Gasteiger partial charge in [-0.15, -0.1) is 0 Å². The Morgan fingerprint density at radius 2 is 1.69 bits per heavy atom. The molecule has 1 N–H and O–H groups in total. The van der Waals surface area contributed by atoms with Gasteiger partial charge in [0.25, 0.3) is 0 Å². The van der Waals surface area contributed by atoms with Crippen LogP contribution in [0.3, 0.4) is 0 Å². The summed E-state index contributed by atoms with van der Waals surface area (Å²) in [6, 6.07) is 21.3. The van der Waals surface area contributed by atoms with E-state index in [1.807, 2.05) is 18.2 Å². The summed E-state index contributed by atoms with van der Waals surface area (Å²) in [7, 11) is 0. The predicted octanol–water partition coefficient (Wildman–Crippen LogP) is 5.80. The molecule has 0 bridgehead atoms. The van der Waals surface area contributed by atoms with Gasteiger partial charge in [-0.05, 0) is 74.8 Å². The SMILES string of the molecule is CCn1c2ccccc2c2cc(NC(=O)C3CCN(Cc4ccc(F)cc4)CC3)ccc21. The number of aryl methyl sites for hydroxylation is 1. The van der Waals surface area contributed by atoms with Gasteiger partial charge in [0.1, 0.15) is 5.82 Å². The van der Waals surface area contributed by atoms with E-state index in [-0.39, 0.29) is 17.6 Å². The number of para-hydroxylation sites is 1. The number of nitrogens with zero attached hydrogens (tertiary/aromatic N) is 2. The molecule has 1 fully saturated rings. The van der Waals surface area contributed by atoms with Crippen molar-refractivity contribution in [1.29, 1.82) is 0 Å². The summed E-state index contributed by atoms with van der Waals surface area (Å²) in [5.41, 5.74) is 4.38. The molecule has 5 rings (SSSR count). The van der Waals surface area contributed by atoms with E-state index in [4.69, 9.17) is 0 Å². The summed E-state index contributed by atoms with van der Waals surface area (Å²) in [5, 5.41) is 5.55. The zero-order chi connectivity index (χ0) is 22.1. The third kappa shape index (κ3) is 4.00. The van der Waals surface area contributed by atoms with Crippen LogP contribution >= 0.6 is 0 Å². The zero-order valence-corrected chi connectivity index (χ0v) is 18.4. The number of halogens is 1. The number of hydrogen-bond donors (Lipinski definition) is 1. The zero-order valence-electron chi connectivity index (χ0n) is 18.4. The number of fused-ring (bicyclic) bond motifs is 3. The second-order valence-corrected chi connectivity index (χ2v) is 8.66. The van der Waals surface area contributed by atoms with Crippen LogP contribution in [-0.4, -0.2) is 28.5 Å². The standard InChI is InChI=1S/C27H28FN3O/c1-2-31-25-6-4-3-5-23(25)24-17-22(11-12-26(24)31)29-27(32)20-13-15-30(16-14-20)18-19-7-9-21(28)10-8-19/h3-12,17,20H,2,13-16,18H2,1H3,(H,29,32).